The molecule has 1 heterocycles. The smallest absolute Gasteiger partial charge is 0.199 e. The Kier molecular flexibility index (Phi) is 4.82. The number of rotatable bonds is 7. The molecule has 6 heteroatoms. The van der Waals surface area contributed by atoms with Gasteiger partial charge in [0.05, 0.1) is 13.3 Å². The van der Waals surface area contributed by atoms with E-state index in [0.717, 1.165) is 22.9 Å². The van der Waals surface area contributed by atoms with Crippen molar-refractivity contribution in [2.75, 3.05) is 13.7 Å². The Bertz CT molecular complexity index is 715. The summed E-state index contributed by atoms with van der Waals surface area (Å²) in [6, 6.07) is 8.82. The zero-order valence-electron chi connectivity index (χ0n) is 14.0. The second-order valence-electron chi connectivity index (χ2n) is 6.16. The van der Waals surface area contributed by atoms with Gasteiger partial charge in [-0.3, -0.25) is 4.90 Å². The van der Waals surface area contributed by atoms with Gasteiger partial charge in [-0.2, -0.15) is 5.10 Å². The summed E-state index contributed by atoms with van der Waals surface area (Å²) in [7, 11) is 2.09. The van der Waals surface area contributed by atoms with E-state index in [9.17, 15) is 0 Å². The molecule has 1 aliphatic rings. The first kappa shape index (κ1) is 16.2. The van der Waals surface area contributed by atoms with Gasteiger partial charge in [-0.15, -0.1) is 0 Å². The van der Waals surface area contributed by atoms with E-state index in [-0.39, 0.29) is 0 Å². The van der Waals surface area contributed by atoms with Crippen molar-refractivity contribution in [1.82, 2.24) is 19.2 Å². The number of ether oxygens (including phenoxy) is 1. The van der Waals surface area contributed by atoms with Crippen molar-refractivity contribution < 1.29 is 4.74 Å². The lowest BCUT2D eigenvalue weighted by molar-refractivity contribution is 0.243. The van der Waals surface area contributed by atoms with E-state index in [4.69, 9.17) is 17.0 Å². The maximum atomic E-state index is 5.58. The molecule has 2 aromatic rings. The van der Waals surface area contributed by atoms with E-state index in [2.05, 4.69) is 33.7 Å². The number of hydrogen-bond donors (Lipinski definition) is 0. The van der Waals surface area contributed by atoms with Crippen molar-refractivity contribution in [2.24, 2.45) is 0 Å². The first-order chi connectivity index (χ1) is 11.1. The predicted octanol–water partition coefficient (Wildman–Crippen LogP) is 3.55. The van der Waals surface area contributed by atoms with E-state index in [1.54, 1.807) is 0 Å². The van der Waals surface area contributed by atoms with Crippen molar-refractivity contribution in [3.8, 4) is 5.75 Å². The van der Waals surface area contributed by atoms with Crippen LogP contribution in [0.25, 0.3) is 0 Å². The minimum absolute atomic E-state index is 0.577. The molecule has 0 atom stereocenters. The highest BCUT2D eigenvalue weighted by atomic mass is 32.1. The van der Waals surface area contributed by atoms with Crippen LogP contribution in [0.1, 0.15) is 37.2 Å². The van der Waals surface area contributed by atoms with Gasteiger partial charge in [0, 0.05) is 12.6 Å². The molecule has 5 nitrogen and oxygen atoms in total. The van der Waals surface area contributed by atoms with Crippen LogP contribution < -0.4 is 4.74 Å². The Morgan fingerprint density at radius 1 is 1.30 bits per heavy atom. The van der Waals surface area contributed by atoms with Crippen LogP contribution in [-0.2, 0) is 13.2 Å². The third-order valence-corrected chi connectivity index (χ3v) is 4.42. The lowest BCUT2D eigenvalue weighted by Crippen LogP contribution is -2.22. The molecule has 1 aliphatic carbocycles. The average molecular weight is 332 g/mol. The largest absolute Gasteiger partial charge is 0.494 e. The lowest BCUT2D eigenvalue weighted by Gasteiger charge is -2.16. The van der Waals surface area contributed by atoms with Crippen LogP contribution in [0.5, 0.6) is 5.75 Å². The van der Waals surface area contributed by atoms with E-state index in [1.165, 1.54) is 18.4 Å². The minimum Gasteiger partial charge on any atom is -0.494 e. The van der Waals surface area contributed by atoms with Gasteiger partial charge in [0.25, 0.3) is 0 Å². The summed E-state index contributed by atoms with van der Waals surface area (Å²) in [6.07, 6.45) is 2.45. The first-order valence-corrected chi connectivity index (χ1v) is 8.55. The quantitative estimate of drug-likeness (QED) is 0.727. The van der Waals surface area contributed by atoms with Crippen LogP contribution in [0.15, 0.2) is 24.3 Å². The molecule has 0 N–H and O–H groups in total. The van der Waals surface area contributed by atoms with Gasteiger partial charge in [-0.05, 0) is 63.7 Å². The second-order valence-corrected chi connectivity index (χ2v) is 6.53. The molecular formula is C17H24N4OS. The molecule has 0 spiro atoms. The second kappa shape index (κ2) is 6.84. The molecule has 1 saturated carbocycles. The van der Waals surface area contributed by atoms with Crippen molar-refractivity contribution in [1.29, 1.82) is 0 Å². The van der Waals surface area contributed by atoms with Crippen LogP contribution in [0.3, 0.4) is 0 Å². The summed E-state index contributed by atoms with van der Waals surface area (Å²) >= 11 is 5.58. The zero-order chi connectivity index (χ0) is 16.4. The number of aromatic nitrogens is 3. The van der Waals surface area contributed by atoms with Crippen molar-refractivity contribution in [3.63, 3.8) is 0 Å². The van der Waals surface area contributed by atoms with Gasteiger partial charge in [-0.1, -0.05) is 12.1 Å². The number of aryl methyl sites for hydroxylation is 1. The fourth-order valence-corrected chi connectivity index (χ4v) is 3.20. The van der Waals surface area contributed by atoms with Gasteiger partial charge < -0.3 is 9.30 Å². The summed E-state index contributed by atoms with van der Waals surface area (Å²) in [5.74, 6) is 1.94. The molecule has 1 aromatic heterocycles. The highest BCUT2D eigenvalue weighted by molar-refractivity contribution is 7.71. The minimum atomic E-state index is 0.577. The highest BCUT2D eigenvalue weighted by Crippen LogP contribution is 2.35. The molecule has 124 valence electrons. The Balaban J connectivity index is 1.64. The lowest BCUT2D eigenvalue weighted by atomic mass is 10.2. The van der Waals surface area contributed by atoms with Gasteiger partial charge in [-0.25, -0.2) is 4.68 Å². The maximum Gasteiger partial charge on any atom is 0.199 e. The third kappa shape index (κ3) is 3.82. The molecule has 3 rings (SSSR count). The van der Waals surface area contributed by atoms with Crippen LogP contribution in [0, 0.1) is 11.7 Å². The van der Waals surface area contributed by atoms with E-state index in [0.29, 0.717) is 19.3 Å². The normalized spacial score (nSPS) is 14.4. The molecule has 0 radical (unpaired) electrons. The Labute approximate surface area is 142 Å². The monoisotopic (exact) mass is 332 g/mol. The molecule has 1 aromatic carbocycles. The summed E-state index contributed by atoms with van der Waals surface area (Å²) in [5, 5.41) is 4.61. The standard InChI is InChI=1S/C17H24N4OS/c1-4-22-16-9-5-14(6-10-16)11-19(3)12-20-17(23)21(13(2)18-20)15-7-8-15/h5-6,9-10,15H,4,7-8,11-12H2,1-3H3. The van der Waals surface area contributed by atoms with Gasteiger partial charge in [0.2, 0.25) is 0 Å². The molecule has 0 saturated heterocycles. The Morgan fingerprint density at radius 3 is 2.61 bits per heavy atom. The van der Waals surface area contributed by atoms with Crippen molar-refractivity contribution in [3.05, 3.63) is 40.4 Å². The van der Waals surface area contributed by atoms with Gasteiger partial charge in [0.15, 0.2) is 4.77 Å². The third-order valence-electron chi connectivity index (χ3n) is 4.02. The zero-order valence-corrected chi connectivity index (χ0v) is 14.8. The summed E-state index contributed by atoms with van der Waals surface area (Å²) in [4.78, 5) is 2.22. The van der Waals surface area contributed by atoms with E-state index >= 15 is 0 Å². The van der Waals surface area contributed by atoms with Crippen molar-refractivity contribution in [2.45, 2.75) is 45.9 Å². The van der Waals surface area contributed by atoms with Gasteiger partial charge in [0.1, 0.15) is 11.6 Å². The molecule has 0 amide bonds. The fourth-order valence-electron chi connectivity index (χ4n) is 2.82. The molecule has 23 heavy (non-hydrogen) atoms. The summed E-state index contributed by atoms with van der Waals surface area (Å²) < 4.78 is 10.4. The molecule has 0 unspecified atom stereocenters. The molecule has 1 fully saturated rings. The predicted molar refractivity (Wildman–Crippen MR) is 93.1 cm³/mol. The average Bonchev–Trinajstić information content (AvgIpc) is 3.29. The number of benzene rings is 1. The van der Waals surface area contributed by atoms with Crippen LogP contribution in [0.2, 0.25) is 0 Å². The van der Waals surface area contributed by atoms with E-state index < -0.39 is 0 Å². The summed E-state index contributed by atoms with van der Waals surface area (Å²) in [6.45, 7) is 6.28. The fraction of sp³-hybridized carbons (Fsp3) is 0.529. The van der Waals surface area contributed by atoms with Gasteiger partial charge >= 0.3 is 0 Å². The van der Waals surface area contributed by atoms with Crippen LogP contribution in [0.4, 0.5) is 0 Å². The maximum absolute atomic E-state index is 5.58. The molecule has 0 bridgehead atoms. The Hall–Kier alpha value is -1.66. The summed E-state index contributed by atoms with van der Waals surface area (Å²) in [5.41, 5.74) is 1.25. The number of nitrogens with zero attached hydrogens (tertiary/aromatic N) is 4. The highest BCUT2D eigenvalue weighted by Gasteiger charge is 2.27. The first-order valence-electron chi connectivity index (χ1n) is 8.14. The molecular weight excluding hydrogens is 308 g/mol. The molecule has 0 aliphatic heterocycles. The number of hydrogen-bond acceptors (Lipinski definition) is 4. The van der Waals surface area contributed by atoms with Crippen molar-refractivity contribution >= 4 is 12.2 Å². The van der Waals surface area contributed by atoms with Crippen LogP contribution in [-0.4, -0.2) is 32.9 Å². The van der Waals surface area contributed by atoms with E-state index in [1.807, 2.05) is 30.7 Å². The Morgan fingerprint density at radius 2 is 2.00 bits per heavy atom. The van der Waals surface area contributed by atoms with Crippen LogP contribution >= 0.6 is 12.2 Å². The topological polar surface area (TPSA) is 35.2 Å². The SMILES string of the molecule is CCOc1ccc(CN(C)Cn2nc(C)n(C3CC3)c2=S)cc1.